The van der Waals surface area contributed by atoms with Crippen LogP contribution in [0.5, 0.6) is 0 Å². The molecule has 0 spiro atoms. The van der Waals surface area contributed by atoms with E-state index in [-0.39, 0.29) is 11.5 Å². The molecule has 20 heavy (non-hydrogen) atoms. The van der Waals surface area contributed by atoms with E-state index < -0.39 is 11.4 Å². The van der Waals surface area contributed by atoms with Gasteiger partial charge in [-0.25, -0.2) is 4.79 Å². The summed E-state index contributed by atoms with van der Waals surface area (Å²) < 4.78 is 1.20. The summed E-state index contributed by atoms with van der Waals surface area (Å²) in [6.07, 6.45) is 3.76. The second-order valence-electron chi connectivity index (χ2n) is 5.34. The standard InChI is InChI=1S/C14H15Br2NO3/c1-14(4-2-3-5-14)13(20)17-11-9(12(18)19)6-8(15)7-10(11)16/h6-7H,2-5H2,1H3,(H,17,20)(H,18,19). The quantitative estimate of drug-likeness (QED) is 0.782. The predicted octanol–water partition coefficient (Wildman–Crippen LogP) is 4.43. The Bertz CT molecular complexity index is 566. The lowest BCUT2D eigenvalue weighted by atomic mass is 9.87. The number of benzene rings is 1. The van der Waals surface area contributed by atoms with Crippen LogP contribution in [-0.2, 0) is 4.79 Å². The molecule has 2 N–H and O–H groups in total. The maximum absolute atomic E-state index is 12.4. The van der Waals surface area contributed by atoms with Crippen LogP contribution >= 0.6 is 31.9 Å². The summed E-state index contributed by atoms with van der Waals surface area (Å²) in [5.74, 6) is -1.18. The molecule has 1 aromatic rings. The van der Waals surface area contributed by atoms with Crippen LogP contribution in [0.15, 0.2) is 21.1 Å². The summed E-state index contributed by atoms with van der Waals surface area (Å²) in [7, 11) is 0. The Hall–Kier alpha value is -0.880. The van der Waals surface area contributed by atoms with E-state index in [1.807, 2.05) is 6.92 Å². The molecule has 0 atom stereocenters. The monoisotopic (exact) mass is 403 g/mol. The van der Waals surface area contributed by atoms with Crippen LogP contribution in [0.25, 0.3) is 0 Å². The van der Waals surface area contributed by atoms with Gasteiger partial charge in [0.05, 0.1) is 11.3 Å². The van der Waals surface area contributed by atoms with Gasteiger partial charge >= 0.3 is 5.97 Å². The van der Waals surface area contributed by atoms with Crippen molar-refractivity contribution < 1.29 is 14.7 Å². The maximum Gasteiger partial charge on any atom is 0.337 e. The van der Waals surface area contributed by atoms with Crippen molar-refractivity contribution in [3.05, 3.63) is 26.6 Å². The van der Waals surface area contributed by atoms with Gasteiger partial charge in [-0.15, -0.1) is 0 Å². The van der Waals surface area contributed by atoms with E-state index in [0.29, 0.717) is 14.6 Å². The van der Waals surface area contributed by atoms with Crippen LogP contribution in [0.4, 0.5) is 5.69 Å². The number of halogens is 2. The first kappa shape index (κ1) is 15.5. The van der Waals surface area contributed by atoms with Gasteiger partial charge in [-0.1, -0.05) is 35.7 Å². The second-order valence-corrected chi connectivity index (χ2v) is 7.11. The lowest BCUT2D eigenvalue weighted by molar-refractivity contribution is -0.124. The minimum absolute atomic E-state index is 0.0706. The van der Waals surface area contributed by atoms with Gasteiger partial charge in [-0.3, -0.25) is 4.79 Å². The van der Waals surface area contributed by atoms with E-state index in [0.717, 1.165) is 25.7 Å². The highest BCUT2D eigenvalue weighted by Gasteiger charge is 2.36. The summed E-state index contributed by atoms with van der Waals surface area (Å²) in [5.41, 5.74) is -0.0116. The average molecular weight is 405 g/mol. The van der Waals surface area contributed by atoms with Crippen molar-refractivity contribution in [2.45, 2.75) is 32.6 Å². The number of amides is 1. The van der Waals surface area contributed by atoms with Gasteiger partial charge in [-0.05, 0) is 40.9 Å². The highest BCUT2D eigenvalue weighted by atomic mass is 79.9. The topological polar surface area (TPSA) is 66.4 Å². The smallest absolute Gasteiger partial charge is 0.337 e. The molecular formula is C14H15Br2NO3. The number of aromatic carboxylic acids is 1. The lowest BCUT2D eigenvalue weighted by Gasteiger charge is -2.23. The maximum atomic E-state index is 12.4. The van der Waals surface area contributed by atoms with Crippen molar-refractivity contribution in [1.29, 1.82) is 0 Å². The molecular weight excluding hydrogens is 390 g/mol. The third-order valence-electron chi connectivity index (χ3n) is 3.78. The number of hydrogen-bond donors (Lipinski definition) is 2. The van der Waals surface area contributed by atoms with Gasteiger partial charge in [0.2, 0.25) is 5.91 Å². The first-order chi connectivity index (χ1) is 9.33. The van der Waals surface area contributed by atoms with Crippen molar-refractivity contribution >= 4 is 49.4 Å². The number of carbonyl (C=O) groups excluding carboxylic acids is 1. The average Bonchev–Trinajstić information content (AvgIpc) is 2.80. The van der Waals surface area contributed by atoms with Crippen LogP contribution in [0, 0.1) is 5.41 Å². The zero-order valence-electron chi connectivity index (χ0n) is 11.0. The first-order valence-electron chi connectivity index (χ1n) is 6.37. The zero-order valence-corrected chi connectivity index (χ0v) is 14.2. The Morgan fingerprint density at radius 1 is 1.25 bits per heavy atom. The molecule has 1 fully saturated rings. The Morgan fingerprint density at radius 3 is 2.40 bits per heavy atom. The van der Waals surface area contributed by atoms with Crippen molar-refractivity contribution in [1.82, 2.24) is 0 Å². The van der Waals surface area contributed by atoms with Crippen LogP contribution < -0.4 is 5.32 Å². The Morgan fingerprint density at radius 2 is 1.85 bits per heavy atom. The number of anilines is 1. The number of hydrogen-bond acceptors (Lipinski definition) is 2. The normalized spacial score (nSPS) is 16.9. The van der Waals surface area contributed by atoms with E-state index in [4.69, 9.17) is 0 Å². The summed E-state index contributed by atoms with van der Waals surface area (Å²) in [6, 6.07) is 3.21. The molecule has 0 bridgehead atoms. The zero-order chi connectivity index (χ0) is 14.9. The molecule has 6 heteroatoms. The fourth-order valence-electron chi connectivity index (χ4n) is 2.52. The van der Waals surface area contributed by atoms with Gasteiger partial charge in [0.25, 0.3) is 0 Å². The fraction of sp³-hybridized carbons (Fsp3) is 0.429. The summed E-state index contributed by atoms with van der Waals surface area (Å²) in [5, 5.41) is 12.0. The van der Waals surface area contributed by atoms with Gasteiger partial charge in [-0.2, -0.15) is 0 Å². The summed E-state index contributed by atoms with van der Waals surface area (Å²) in [6.45, 7) is 1.93. The van der Waals surface area contributed by atoms with Gasteiger partial charge < -0.3 is 10.4 Å². The number of carbonyl (C=O) groups is 2. The molecule has 108 valence electrons. The van der Waals surface area contributed by atoms with Crippen LogP contribution in [0.1, 0.15) is 43.0 Å². The van der Waals surface area contributed by atoms with Crippen molar-refractivity contribution in [2.24, 2.45) is 5.41 Å². The Balaban J connectivity index is 2.33. The van der Waals surface area contributed by atoms with E-state index >= 15 is 0 Å². The molecule has 1 amide bonds. The molecule has 1 aliphatic rings. The lowest BCUT2D eigenvalue weighted by Crippen LogP contribution is -2.31. The number of carboxylic acid groups (broad SMARTS) is 1. The van der Waals surface area contributed by atoms with E-state index in [1.54, 1.807) is 6.07 Å². The van der Waals surface area contributed by atoms with Gasteiger partial charge in [0.1, 0.15) is 0 Å². The van der Waals surface area contributed by atoms with Crippen LogP contribution in [-0.4, -0.2) is 17.0 Å². The van der Waals surface area contributed by atoms with E-state index in [9.17, 15) is 14.7 Å². The summed E-state index contributed by atoms with van der Waals surface area (Å²) >= 11 is 6.57. The molecule has 1 saturated carbocycles. The van der Waals surface area contributed by atoms with E-state index in [2.05, 4.69) is 37.2 Å². The molecule has 0 radical (unpaired) electrons. The molecule has 0 aromatic heterocycles. The molecule has 1 aromatic carbocycles. The number of rotatable bonds is 3. The molecule has 0 aliphatic heterocycles. The minimum atomic E-state index is -1.07. The highest BCUT2D eigenvalue weighted by Crippen LogP contribution is 2.40. The fourth-order valence-corrected chi connectivity index (χ4v) is 3.84. The number of nitrogens with one attached hydrogen (secondary N) is 1. The molecule has 0 saturated heterocycles. The third-order valence-corrected chi connectivity index (χ3v) is 4.86. The van der Waals surface area contributed by atoms with Crippen LogP contribution in [0.3, 0.4) is 0 Å². The highest BCUT2D eigenvalue weighted by molar-refractivity contribution is 9.11. The summed E-state index contributed by atoms with van der Waals surface area (Å²) in [4.78, 5) is 23.7. The third kappa shape index (κ3) is 3.06. The first-order valence-corrected chi connectivity index (χ1v) is 7.96. The molecule has 2 rings (SSSR count). The van der Waals surface area contributed by atoms with Crippen LogP contribution in [0.2, 0.25) is 0 Å². The van der Waals surface area contributed by atoms with Crippen molar-refractivity contribution in [3.8, 4) is 0 Å². The number of carboxylic acids is 1. The van der Waals surface area contributed by atoms with Gasteiger partial charge in [0.15, 0.2) is 0 Å². The second kappa shape index (κ2) is 5.85. The SMILES string of the molecule is CC1(C(=O)Nc2c(Br)cc(Br)cc2C(=O)O)CCCC1. The largest absolute Gasteiger partial charge is 0.478 e. The molecule has 0 heterocycles. The predicted molar refractivity (Wildman–Crippen MR) is 84.0 cm³/mol. The molecule has 1 aliphatic carbocycles. The molecule has 0 unspecified atom stereocenters. The van der Waals surface area contributed by atoms with E-state index in [1.165, 1.54) is 6.07 Å². The molecule has 4 nitrogen and oxygen atoms in total. The van der Waals surface area contributed by atoms with Gasteiger partial charge in [0, 0.05) is 14.4 Å². The minimum Gasteiger partial charge on any atom is -0.478 e. The van der Waals surface area contributed by atoms with Crippen molar-refractivity contribution in [3.63, 3.8) is 0 Å². The Kier molecular flexibility index (Phi) is 4.54. The van der Waals surface area contributed by atoms with Crippen molar-refractivity contribution in [2.75, 3.05) is 5.32 Å². The Labute approximate surface area is 134 Å².